The van der Waals surface area contributed by atoms with Crippen LogP contribution in [-0.2, 0) is 0 Å². The van der Waals surface area contributed by atoms with Gasteiger partial charge in [0.05, 0.1) is 0 Å². The number of anilines is 2. The maximum Gasteiger partial charge on any atom is 0.143 e. The van der Waals surface area contributed by atoms with Crippen molar-refractivity contribution in [3.8, 4) is 11.3 Å². The van der Waals surface area contributed by atoms with Gasteiger partial charge in [-0.2, -0.15) is 0 Å². The maximum absolute atomic E-state index is 4.82. The Balaban J connectivity index is 1.93. The number of para-hydroxylation sites is 1. The lowest BCUT2D eigenvalue weighted by Gasteiger charge is -2.10. The fourth-order valence-corrected chi connectivity index (χ4v) is 3.88. The molecule has 4 rings (SSSR count). The van der Waals surface area contributed by atoms with Gasteiger partial charge in [0.15, 0.2) is 0 Å². The Morgan fingerprint density at radius 1 is 0.875 bits per heavy atom. The summed E-state index contributed by atoms with van der Waals surface area (Å²) < 4.78 is 4.09. The Morgan fingerprint density at radius 3 is 2.46 bits per heavy atom. The summed E-state index contributed by atoms with van der Waals surface area (Å²) in [6.45, 7) is 0. The third-order valence-corrected chi connectivity index (χ3v) is 4.90. The predicted molar refractivity (Wildman–Crippen MR) is 106 cm³/mol. The summed E-state index contributed by atoms with van der Waals surface area (Å²) in [4.78, 5) is 4.82. The molecule has 0 spiro atoms. The van der Waals surface area contributed by atoms with E-state index >= 15 is 0 Å². The Morgan fingerprint density at radius 2 is 1.67 bits per heavy atom. The van der Waals surface area contributed by atoms with Crippen LogP contribution in [0.25, 0.3) is 16.9 Å². The van der Waals surface area contributed by atoms with Crippen LogP contribution in [0.1, 0.15) is 0 Å². The summed E-state index contributed by atoms with van der Waals surface area (Å²) in [5.41, 5.74) is 3.88. The molecule has 0 aliphatic carbocycles. The molecule has 3 nitrogen and oxygen atoms in total. The molecule has 0 saturated carbocycles. The molecule has 5 heteroatoms. The first-order chi connectivity index (χ1) is 11.7. The molecule has 0 unspecified atom stereocenters. The number of nitrogens with one attached hydrogen (secondary N) is 1. The standard InChI is InChI=1S/C19H13Br2N3/c20-13-9-10-15(16(21)12-13)18-19(22-14-6-2-1-3-7-14)24-11-5-4-8-17(24)23-18/h1-12,22H. The van der Waals surface area contributed by atoms with Crippen LogP contribution < -0.4 is 5.32 Å². The second-order valence-electron chi connectivity index (χ2n) is 5.35. The van der Waals surface area contributed by atoms with Gasteiger partial charge in [0.1, 0.15) is 17.2 Å². The average Bonchev–Trinajstić information content (AvgIpc) is 2.94. The van der Waals surface area contributed by atoms with E-state index < -0.39 is 0 Å². The van der Waals surface area contributed by atoms with E-state index in [-0.39, 0.29) is 0 Å². The third kappa shape index (κ3) is 2.85. The molecular formula is C19H13Br2N3. The molecule has 24 heavy (non-hydrogen) atoms. The fraction of sp³-hybridized carbons (Fsp3) is 0. The largest absolute Gasteiger partial charge is 0.339 e. The summed E-state index contributed by atoms with van der Waals surface area (Å²) >= 11 is 7.16. The van der Waals surface area contributed by atoms with Crippen molar-refractivity contribution in [2.75, 3.05) is 5.32 Å². The van der Waals surface area contributed by atoms with Crippen LogP contribution in [0.5, 0.6) is 0 Å². The molecule has 4 aromatic rings. The lowest BCUT2D eigenvalue weighted by atomic mass is 10.1. The van der Waals surface area contributed by atoms with E-state index in [4.69, 9.17) is 4.98 Å². The van der Waals surface area contributed by atoms with Gasteiger partial charge in [0.25, 0.3) is 0 Å². The summed E-state index contributed by atoms with van der Waals surface area (Å²) in [5.74, 6) is 0.944. The lowest BCUT2D eigenvalue weighted by Crippen LogP contribution is -1.96. The molecule has 2 aromatic carbocycles. The Kier molecular flexibility index (Phi) is 4.12. The average molecular weight is 443 g/mol. The molecule has 2 heterocycles. The minimum absolute atomic E-state index is 0.903. The molecule has 0 saturated heterocycles. The van der Waals surface area contributed by atoms with E-state index in [1.54, 1.807) is 0 Å². The van der Waals surface area contributed by atoms with Crippen molar-refractivity contribution in [1.82, 2.24) is 9.38 Å². The van der Waals surface area contributed by atoms with E-state index in [0.29, 0.717) is 0 Å². The number of hydrogen-bond donors (Lipinski definition) is 1. The summed E-state index contributed by atoms with van der Waals surface area (Å²) in [7, 11) is 0. The van der Waals surface area contributed by atoms with Crippen molar-refractivity contribution in [3.63, 3.8) is 0 Å². The number of halogens is 2. The Hall–Kier alpha value is -2.11. The number of nitrogens with zero attached hydrogens (tertiary/aromatic N) is 2. The molecule has 0 fully saturated rings. The molecule has 2 aromatic heterocycles. The van der Waals surface area contributed by atoms with Gasteiger partial charge in [0.2, 0.25) is 0 Å². The molecular weight excluding hydrogens is 430 g/mol. The summed E-state index contributed by atoms with van der Waals surface area (Å²) in [6, 6.07) is 22.2. The van der Waals surface area contributed by atoms with Crippen molar-refractivity contribution < 1.29 is 0 Å². The van der Waals surface area contributed by atoms with Gasteiger partial charge >= 0.3 is 0 Å². The van der Waals surface area contributed by atoms with E-state index in [0.717, 1.165) is 37.4 Å². The van der Waals surface area contributed by atoms with Crippen LogP contribution in [0.4, 0.5) is 11.5 Å². The van der Waals surface area contributed by atoms with Crippen molar-refractivity contribution in [2.24, 2.45) is 0 Å². The van der Waals surface area contributed by atoms with E-state index in [1.807, 2.05) is 66.9 Å². The van der Waals surface area contributed by atoms with Crippen molar-refractivity contribution in [1.29, 1.82) is 0 Å². The number of imidazole rings is 1. The van der Waals surface area contributed by atoms with Gasteiger partial charge in [-0.25, -0.2) is 4.98 Å². The van der Waals surface area contributed by atoms with Crippen LogP contribution in [0.15, 0.2) is 81.9 Å². The predicted octanol–water partition coefficient (Wildman–Crippen LogP) is 6.27. The van der Waals surface area contributed by atoms with Gasteiger partial charge in [0, 0.05) is 26.4 Å². The SMILES string of the molecule is Brc1ccc(-c2nc3ccccn3c2Nc2ccccc2)c(Br)c1. The monoisotopic (exact) mass is 441 g/mol. The quantitative estimate of drug-likeness (QED) is 0.405. The van der Waals surface area contributed by atoms with Gasteiger partial charge in [-0.1, -0.05) is 62.2 Å². The second kappa shape index (κ2) is 6.42. The zero-order valence-corrected chi connectivity index (χ0v) is 15.8. The first-order valence-corrected chi connectivity index (χ1v) is 9.05. The van der Waals surface area contributed by atoms with Crippen LogP contribution >= 0.6 is 31.9 Å². The van der Waals surface area contributed by atoms with Crippen molar-refractivity contribution in [3.05, 3.63) is 81.9 Å². The van der Waals surface area contributed by atoms with Crippen molar-refractivity contribution >= 4 is 49.0 Å². The summed E-state index contributed by atoms with van der Waals surface area (Å²) in [5, 5.41) is 3.50. The smallest absolute Gasteiger partial charge is 0.143 e. The summed E-state index contributed by atoms with van der Waals surface area (Å²) in [6.07, 6.45) is 2.02. The maximum atomic E-state index is 4.82. The minimum atomic E-state index is 0.903. The van der Waals surface area contributed by atoms with E-state index in [2.05, 4.69) is 47.6 Å². The lowest BCUT2D eigenvalue weighted by molar-refractivity contribution is 1.18. The van der Waals surface area contributed by atoms with Crippen LogP contribution in [0, 0.1) is 0 Å². The highest BCUT2D eigenvalue weighted by Crippen LogP contribution is 2.36. The number of benzene rings is 2. The Bertz CT molecular complexity index is 1010. The van der Waals surface area contributed by atoms with Crippen LogP contribution in [-0.4, -0.2) is 9.38 Å². The molecule has 0 aliphatic rings. The molecule has 0 radical (unpaired) electrons. The molecule has 0 bridgehead atoms. The first-order valence-electron chi connectivity index (χ1n) is 7.47. The van der Waals surface area contributed by atoms with Crippen LogP contribution in [0.3, 0.4) is 0 Å². The molecule has 0 atom stereocenters. The van der Waals surface area contributed by atoms with Crippen LogP contribution in [0.2, 0.25) is 0 Å². The molecule has 0 amide bonds. The third-order valence-electron chi connectivity index (χ3n) is 3.75. The number of aromatic nitrogens is 2. The zero-order chi connectivity index (χ0) is 16.5. The van der Waals surface area contributed by atoms with Gasteiger partial charge < -0.3 is 5.32 Å². The van der Waals surface area contributed by atoms with Gasteiger partial charge in [-0.15, -0.1) is 0 Å². The van der Waals surface area contributed by atoms with Crippen molar-refractivity contribution in [2.45, 2.75) is 0 Å². The minimum Gasteiger partial charge on any atom is -0.339 e. The number of rotatable bonds is 3. The zero-order valence-electron chi connectivity index (χ0n) is 12.6. The first kappa shape index (κ1) is 15.4. The van der Waals surface area contributed by atoms with E-state index in [9.17, 15) is 0 Å². The van der Waals surface area contributed by atoms with Gasteiger partial charge in [-0.3, -0.25) is 4.40 Å². The highest BCUT2D eigenvalue weighted by atomic mass is 79.9. The van der Waals surface area contributed by atoms with E-state index in [1.165, 1.54) is 0 Å². The normalized spacial score (nSPS) is 10.9. The topological polar surface area (TPSA) is 29.3 Å². The number of fused-ring (bicyclic) bond motifs is 1. The highest BCUT2D eigenvalue weighted by Gasteiger charge is 2.16. The molecule has 1 N–H and O–H groups in total. The van der Waals surface area contributed by atoms with Gasteiger partial charge in [-0.05, 0) is 36.4 Å². The second-order valence-corrected chi connectivity index (χ2v) is 7.12. The Labute approximate surface area is 156 Å². The number of pyridine rings is 1. The number of hydrogen-bond acceptors (Lipinski definition) is 2. The molecule has 0 aliphatic heterocycles. The molecule has 118 valence electrons. The fourth-order valence-electron chi connectivity index (χ4n) is 2.64. The highest BCUT2D eigenvalue weighted by molar-refractivity contribution is 9.11.